The Morgan fingerprint density at radius 3 is 1.11 bits per heavy atom. The summed E-state index contributed by atoms with van der Waals surface area (Å²) in [4.78, 5) is 2.10. The summed E-state index contributed by atoms with van der Waals surface area (Å²) >= 11 is 0. The first-order chi connectivity index (χ1) is 13.3. The molecule has 0 aliphatic heterocycles. The van der Waals surface area contributed by atoms with E-state index in [0.717, 1.165) is 11.4 Å². The number of hydrogen-bond acceptors (Lipinski definition) is 1. The zero-order chi connectivity index (χ0) is 18.5. The van der Waals surface area contributed by atoms with Gasteiger partial charge < -0.3 is 4.90 Å². The lowest BCUT2D eigenvalue weighted by Crippen LogP contribution is -2.07. The van der Waals surface area contributed by atoms with Crippen molar-refractivity contribution in [3.63, 3.8) is 0 Å². The van der Waals surface area contributed by atoms with Crippen molar-refractivity contribution >= 4 is 11.4 Å². The van der Waals surface area contributed by atoms with Crippen LogP contribution in [-0.2, 0) is 0 Å². The third kappa shape index (κ3) is 3.68. The largest absolute Gasteiger partial charge is 0.318 e. The molecule has 27 heavy (non-hydrogen) atoms. The van der Waals surface area contributed by atoms with E-state index in [9.17, 15) is 0 Å². The highest BCUT2D eigenvalue weighted by Gasteiger charge is 2.07. The smallest absolute Gasteiger partial charge is 0.0455 e. The molecule has 0 amide bonds. The fraction of sp³-hybridized carbons (Fsp3) is 0. The van der Waals surface area contributed by atoms with Crippen LogP contribution in [0.25, 0.3) is 22.3 Å². The van der Waals surface area contributed by atoms with Crippen LogP contribution >= 0.6 is 0 Å². The molecule has 4 rings (SSSR count). The van der Waals surface area contributed by atoms with Gasteiger partial charge in [-0.1, -0.05) is 91.5 Å². The first-order valence-electron chi connectivity index (χ1n) is 9.08. The maximum absolute atomic E-state index is 4.00. The van der Waals surface area contributed by atoms with Crippen LogP contribution in [-0.4, -0.2) is 0 Å². The van der Waals surface area contributed by atoms with Crippen LogP contribution in [0.4, 0.5) is 11.4 Å². The Bertz CT molecular complexity index is 918. The molecule has 0 N–H and O–H groups in total. The first-order valence-corrected chi connectivity index (χ1v) is 9.08. The number of rotatable bonds is 5. The predicted octanol–water partition coefficient (Wildman–Crippen LogP) is 7.30. The van der Waals surface area contributed by atoms with Crippen molar-refractivity contribution in [2.75, 3.05) is 4.90 Å². The van der Waals surface area contributed by atoms with E-state index in [-0.39, 0.29) is 0 Å². The monoisotopic (exact) mass is 347 g/mol. The molecule has 1 nitrogen and oxygen atoms in total. The van der Waals surface area contributed by atoms with Gasteiger partial charge in [-0.25, -0.2) is 0 Å². The van der Waals surface area contributed by atoms with E-state index in [1.54, 1.807) is 0 Å². The zero-order valence-electron chi connectivity index (χ0n) is 15.1. The van der Waals surface area contributed by atoms with Crippen molar-refractivity contribution < 1.29 is 0 Å². The summed E-state index contributed by atoms with van der Waals surface area (Å²) in [5.74, 6) is 0. The van der Waals surface area contributed by atoms with Crippen LogP contribution in [0.5, 0.6) is 0 Å². The normalized spacial score (nSPS) is 10.4. The molecule has 130 valence electrons. The highest BCUT2D eigenvalue weighted by atomic mass is 15.1. The molecule has 0 aromatic heterocycles. The summed E-state index contributed by atoms with van der Waals surface area (Å²) in [6.07, 6.45) is 1.86. The minimum absolute atomic E-state index is 1.09. The minimum atomic E-state index is 1.09. The van der Waals surface area contributed by atoms with Crippen LogP contribution in [0, 0.1) is 0 Å². The predicted molar refractivity (Wildman–Crippen MR) is 116 cm³/mol. The van der Waals surface area contributed by atoms with E-state index < -0.39 is 0 Å². The van der Waals surface area contributed by atoms with Crippen molar-refractivity contribution in [2.24, 2.45) is 0 Å². The van der Waals surface area contributed by atoms with E-state index in [2.05, 4.69) is 109 Å². The highest BCUT2D eigenvalue weighted by Crippen LogP contribution is 2.30. The van der Waals surface area contributed by atoms with Gasteiger partial charge in [-0.3, -0.25) is 0 Å². The van der Waals surface area contributed by atoms with Crippen LogP contribution < -0.4 is 4.90 Å². The molecule has 0 atom stereocenters. The van der Waals surface area contributed by atoms with Crippen LogP contribution in [0.2, 0.25) is 0 Å². The molecule has 0 aliphatic rings. The minimum Gasteiger partial charge on any atom is -0.318 e. The van der Waals surface area contributed by atoms with Crippen molar-refractivity contribution in [1.82, 2.24) is 0 Å². The van der Waals surface area contributed by atoms with Gasteiger partial charge in [0.05, 0.1) is 0 Å². The maximum Gasteiger partial charge on any atom is 0.0455 e. The standard InChI is InChI=1S/C26H21N/c1-2-27(25-17-13-23(14-18-25)21-9-5-3-6-10-21)26-19-15-24(16-20-26)22-11-7-4-8-12-22/h2-20H,1H2. The Hall–Kier alpha value is -3.58. The van der Waals surface area contributed by atoms with Crippen LogP contribution in [0.15, 0.2) is 122 Å². The molecule has 0 radical (unpaired) electrons. The molecule has 0 fully saturated rings. The van der Waals surface area contributed by atoms with Gasteiger partial charge in [0, 0.05) is 17.6 Å². The molecule has 4 aromatic carbocycles. The number of nitrogens with zero attached hydrogens (tertiary/aromatic N) is 1. The average molecular weight is 347 g/mol. The van der Waals surface area contributed by atoms with Crippen molar-refractivity contribution in [1.29, 1.82) is 0 Å². The van der Waals surface area contributed by atoms with Gasteiger partial charge in [0.15, 0.2) is 0 Å². The Labute approximate surface area is 160 Å². The van der Waals surface area contributed by atoms with Gasteiger partial charge in [-0.2, -0.15) is 0 Å². The van der Waals surface area contributed by atoms with E-state index in [1.165, 1.54) is 22.3 Å². The fourth-order valence-corrected chi connectivity index (χ4v) is 3.25. The molecule has 0 heterocycles. The van der Waals surface area contributed by atoms with Gasteiger partial charge in [0.25, 0.3) is 0 Å². The molecule has 0 bridgehead atoms. The van der Waals surface area contributed by atoms with E-state index >= 15 is 0 Å². The van der Waals surface area contributed by atoms with E-state index in [1.807, 2.05) is 18.3 Å². The lowest BCUT2D eigenvalue weighted by molar-refractivity contribution is 1.29. The van der Waals surface area contributed by atoms with Gasteiger partial charge in [0.1, 0.15) is 0 Å². The number of anilines is 2. The quantitative estimate of drug-likeness (QED) is 0.366. The SMILES string of the molecule is C=CN(c1ccc(-c2ccccc2)cc1)c1ccc(-c2ccccc2)cc1. The van der Waals surface area contributed by atoms with E-state index in [0.29, 0.717) is 0 Å². The molecule has 0 spiro atoms. The Kier molecular flexibility index (Phi) is 4.84. The molecular weight excluding hydrogens is 326 g/mol. The van der Waals surface area contributed by atoms with Crippen LogP contribution in [0.1, 0.15) is 0 Å². The summed E-state index contributed by atoms with van der Waals surface area (Å²) in [6, 6.07) is 38.0. The molecule has 0 unspecified atom stereocenters. The second kappa shape index (κ2) is 7.76. The molecule has 0 saturated heterocycles. The summed E-state index contributed by atoms with van der Waals surface area (Å²) in [5.41, 5.74) is 7.06. The molecule has 1 heteroatoms. The average Bonchev–Trinajstić information content (AvgIpc) is 2.76. The van der Waals surface area contributed by atoms with Crippen LogP contribution in [0.3, 0.4) is 0 Å². The third-order valence-corrected chi connectivity index (χ3v) is 4.69. The molecule has 0 aliphatic carbocycles. The van der Waals surface area contributed by atoms with Gasteiger partial charge in [-0.05, 0) is 46.5 Å². The molecule has 0 saturated carbocycles. The third-order valence-electron chi connectivity index (χ3n) is 4.69. The van der Waals surface area contributed by atoms with Gasteiger partial charge >= 0.3 is 0 Å². The summed E-state index contributed by atoms with van der Waals surface area (Å²) in [5, 5.41) is 0. The lowest BCUT2D eigenvalue weighted by Gasteiger charge is -2.21. The van der Waals surface area contributed by atoms with Crippen molar-refractivity contribution in [3.8, 4) is 22.3 Å². The Balaban J connectivity index is 1.59. The second-order valence-electron chi connectivity index (χ2n) is 6.38. The topological polar surface area (TPSA) is 3.24 Å². The van der Waals surface area contributed by atoms with Crippen molar-refractivity contribution in [3.05, 3.63) is 122 Å². The van der Waals surface area contributed by atoms with Gasteiger partial charge in [-0.15, -0.1) is 0 Å². The zero-order valence-corrected chi connectivity index (χ0v) is 15.1. The molecular formula is C26H21N. The maximum atomic E-state index is 4.00. The van der Waals surface area contributed by atoms with Gasteiger partial charge in [0.2, 0.25) is 0 Å². The Morgan fingerprint density at radius 1 is 0.444 bits per heavy atom. The highest BCUT2D eigenvalue weighted by molar-refractivity contribution is 5.73. The summed E-state index contributed by atoms with van der Waals surface area (Å²) in [6.45, 7) is 4.00. The second-order valence-corrected chi connectivity index (χ2v) is 6.38. The number of hydrogen-bond donors (Lipinski definition) is 0. The van der Waals surface area contributed by atoms with Crippen molar-refractivity contribution in [2.45, 2.75) is 0 Å². The molecule has 4 aromatic rings. The summed E-state index contributed by atoms with van der Waals surface area (Å²) < 4.78 is 0. The fourth-order valence-electron chi connectivity index (χ4n) is 3.25. The number of benzene rings is 4. The first kappa shape index (κ1) is 16.9. The van der Waals surface area contributed by atoms with E-state index in [4.69, 9.17) is 0 Å². The summed E-state index contributed by atoms with van der Waals surface area (Å²) in [7, 11) is 0. The Morgan fingerprint density at radius 2 is 0.778 bits per heavy atom. The lowest BCUT2D eigenvalue weighted by atomic mass is 10.0.